The fourth-order valence-electron chi connectivity index (χ4n) is 1.83. The fraction of sp³-hybridized carbons (Fsp3) is 0.385. The number of nitro groups is 1. The molecule has 1 amide bonds. The summed E-state index contributed by atoms with van der Waals surface area (Å²) in [6, 6.07) is 0. The number of aromatic nitrogens is 4. The van der Waals surface area contributed by atoms with E-state index in [0.29, 0.717) is 0 Å². The molecule has 0 saturated heterocycles. The molecule has 23 heavy (non-hydrogen) atoms. The topological polar surface area (TPSA) is 120 Å². The van der Waals surface area contributed by atoms with Crippen molar-refractivity contribution in [2.75, 3.05) is 0 Å². The van der Waals surface area contributed by atoms with Crippen LogP contribution in [0.3, 0.4) is 0 Å². The first-order valence-electron chi connectivity index (χ1n) is 6.87. The van der Waals surface area contributed by atoms with Crippen LogP contribution in [0.15, 0.2) is 23.7 Å². The third kappa shape index (κ3) is 3.99. The molecule has 0 fully saturated rings. The lowest BCUT2D eigenvalue weighted by Crippen LogP contribution is -2.28. The zero-order chi connectivity index (χ0) is 17.0. The van der Waals surface area contributed by atoms with Crippen molar-refractivity contribution >= 4 is 17.8 Å². The van der Waals surface area contributed by atoms with E-state index in [4.69, 9.17) is 0 Å². The number of rotatable bonds is 6. The van der Waals surface area contributed by atoms with E-state index in [9.17, 15) is 14.9 Å². The van der Waals surface area contributed by atoms with E-state index in [1.54, 1.807) is 17.8 Å². The second-order valence-electron chi connectivity index (χ2n) is 5.12. The third-order valence-electron chi connectivity index (χ3n) is 3.39. The Kier molecular flexibility index (Phi) is 4.84. The molecule has 2 aromatic heterocycles. The first kappa shape index (κ1) is 16.3. The Morgan fingerprint density at radius 2 is 2.26 bits per heavy atom. The van der Waals surface area contributed by atoms with Gasteiger partial charge in [-0.2, -0.15) is 15.3 Å². The Balaban J connectivity index is 1.89. The lowest BCUT2D eigenvalue weighted by Gasteiger charge is -2.08. The number of hydrazone groups is 1. The van der Waals surface area contributed by atoms with Crippen LogP contribution in [-0.2, 0) is 18.4 Å². The van der Waals surface area contributed by atoms with Gasteiger partial charge in [0.1, 0.15) is 12.4 Å². The number of hydrogen-bond donors (Lipinski definition) is 1. The van der Waals surface area contributed by atoms with Crippen molar-refractivity contribution < 1.29 is 9.72 Å². The molecule has 2 heterocycles. The lowest BCUT2D eigenvalue weighted by molar-refractivity contribution is -0.385. The quantitative estimate of drug-likeness (QED) is 0.475. The third-order valence-corrected chi connectivity index (χ3v) is 3.39. The number of carbonyl (C=O) groups excluding carboxylic acids is 1. The van der Waals surface area contributed by atoms with E-state index < -0.39 is 10.8 Å². The number of carbonyl (C=O) groups is 1. The fourth-order valence-corrected chi connectivity index (χ4v) is 1.83. The average Bonchev–Trinajstić information content (AvgIpc) is 3.09. The Hall–Kier alpha value is -3.04. The van der Waals surface area contributed by atoms with Crippen molar-refractivity contribution in [3.63, 3.8) is 0 Å². The Bertz CT molecular complexity index is 747. The maximum absolute atomic E-state index is 11.9. The highest BCUT2D eigenvalue weighted by molar-refractivity contribution is 5.83. The summed E-state index contributed by atoms with van der Waals surface area (Å²) in [6.07, 6.45) is 5.60. The molecule has 10 nitrogen and oxygen atoms in total. The predicted molar refractivity (Wildman–Crippen MR) is 81.7 cm³/mol. The second kappa shape index (κ2) is 6.81. The number of aryl methyl sites for hydroxylation is 1. The van der Waals surface area contributed by atoms with Crippen molar-refractivity contribution in [1.29, 1.82) is 0 Å². The molecule has 0 aliphatic heterocycles. The van der Waals surface area contributed by atoms with Crippen LogP contribution in [0.1, 0.15) is 18.2 Å². The van der Waals surface area contributed by atoms with Crippen LogP contribution in [0, 0.1) is 23.0 Å². The lowest BCUT2D eigenvalue weighted by atomic mass is 10.2. The molecule has 0 saturated carbocycles. The molecule has 0 aromatic carbocycles. The molecular formula is C13H17N7O3. The van der Waals surface area contributed by atoms with Crippen molar-refractivity contribution in [3.8, 4) is 0 Å². The van der Waals surface area contributed by atoms with E-state index >= 15 is 0 Å². The van der Waals surface area contributed by atoms with Gasteiger partial charge in [-0.25, -0.2) is 5.43 Å². The smallest absolute Gasteiger partial charge is 0.273 e. The highest BCUT2D eigenvalue weighted by Crippen LogP contribution is 2.09. The van der Waals surface area contributed by atoms with Crippen LogP contribution in [-0.4, -0.2) is 36.6 Å². The summed E-state index contributed by atoms with van der Waals surface area (Å²) in [4.78, 5) is 22.0. The van der Waals surface area contributed by atoms with Crippen LogP contribution in [0.2, 0.25) is 0 Å². The van der Waals surface area contributed by atoms with Crippen LogP contribution in [0.4, 0.5) is 5.69 Å². The molecule has 0 radical (unpaired) electrons. The molecule has 2 rings (SSSR count). The van der Waals surface area contributed by atoms with Crippen LogP contribution in [0.5, 0.6) is 0 Å². The number of hydrogen-bond acceptors (Lipinski definition) is 6. The molecule has 10 heteroatoms. The summed E-state index contributed by atoms with van der Waals surface area (Å²) < 4.78 is 3.06. The van der Waals surface area contributed by atoms with Gasteiger partial charge in [-0.1, -0.05) is 6.92 Å². The van der Waals surface area contributed by atoms with E-state index in [1.807, 2.05) is 14.0 Å². The summed E-state index contributed by atoms with van der Waals surface area (Å²) in [5.74, 6) is -0.748. The number of nitrogens with zero attached hydrogens (tertiary/aromatic N) is 6. The molecule has 122 valence electrons. The molecule has 2 aromatic rings. The normalized spacial score (nSPS) is 12.5. The summed E-state index contributed by atoms with van der Waals surface area (Å²) in [5, 5.41) is 22.4. The molecule has 1 N–H and O–H groups in total. The minimum atomic E-state index is -0.533. The number of amides is 1. The largest absolute Gasteiger partial charge is 0.306 e. The summed E-state index contributed by atoms with van der Waals surface area (Å²) in [7, 11) is 1.82. The maximum Gasteiger partial charge on any atom is 0.306 e. The predicted octanol–water partition coefficient (Wildman–Crippen LogP) is 0.620. The Morgan fingerprint density at radius 3 is 2.83 bits per heavy atom. The monoisotopic (exact) mass is 319 g/mol. The highest BCUT2D eigenvalue weighted by atomic mass is 16.6. The van der Waals surface area contributed by atoms with E-state index in [1.165, 1.54) is 17.1 Å². The van der Waals surface area contributed by atoms with Gasteiger partial charge in [-0.05, 0) is 6.92 Å². The van der Waals surface area contributed by atoms with E-state index in [2.05, 4.69) is 20.7 Å². The van der Waals surface area contributed by atoms with Crippen molar-refractivity contribution in [2.24, 2.45) is 18.1 Å². The van der Waals surface area contributed by atoms with Gasteiger partial charge in [0.2, 0.25) is 5.91 Å². The summed E-state index contributed by atoms with van der Waals surface area (Å²) >= 11 is 0. The van der Waals surface area contributed by atoms with Crippen LogP contribution >= 0.6 is 0 Å². The Labute approximate surface area is 131 Å². The molecule has 0 spiro atoms. The number of nitrogens with one attached hydrogen (secondary N) is 1. The van der Waals surface area contributed by atoms with Crippen molar-refractivity contribution in [3.05, 3.63) is 40.0 Å². The van der Waals surface area contributed by atoms with Gasteiger partial charge >= 0.3 is 5.69 Å². The molecule has 0 bridgehead atoms. The molecular weight excluding hydrogens is 302 g/mol. The maximum atomic E-state index is 11.9. The summed E-state index contributed by atoms with van der Waals surface area (Å²) in [6.45, 7) is 3.80. The van der Waals surface area contributed by atoms with E-state index in [-0.39, 0.29) is 18.1 Å². The molecule has 0 aliphatic rings. The van der Waals surface area contributed by atoms with Gasteiger partial charge in [-0.15, -0.1) is 0 Å². The van der Waals surface area contributed by atoms with Crippen molar-refractivity contribution in [2.45, 2.75) is 20.4 Å². The highest BCUT2D eigenvalue weighted by Gasteiger charge is 2.16. The van der Waals surface area contributed by atoms with Crippen LogP contribution < -0.4 is 5.43 Å². The first-order valence-corrected chi connectivity index (χ1v) is 6.87. The van der Waals surface area contributed by atoms with Gasteiger partial charge in [0.15, 0.2) is 0 Å². The second-order valence-corrected chi connectivity index (χ2v) is 5.12. The SMILES string of the molecule is Cc1c(/C=N\NC(=O)[C@@H](C)Cn2cc([N+](=O)[O-])cn2)cnn1C. The zero-order valence-electron chi connectivity index (χ0n) is 13.0. The van der Waals surface area contributed by atoms with Gasteiger partial charge in [0.25, 0.3) is 0 Å². The van der Waals surface area contributed by atoms with Gasteiger partial charge < -0.3 is 0 Å². The molecule has 1 atom stereocenters. The van der Waals surface area contributed by atoms with Gasteiger partial charge in [0.05, 0.1) is 29.8 Å². The minimum absolute atomic E-state index is 0.109. The van der Waals surface area contributed by atoms with Crippen molar-refractivity contribution in [1.82, 2.24) is 25.0 Å². The minimum Gasteiger partial charge on any atom is -0.273 e. The standard InChI is InChI=1S/C13H17N7O3/c1-9(7-19-8-12(6-16-19)20(22)23)13(21)17-14-4-11-5-15-18(3)10(11)2/h4-6,8-9H,7H2,1-3H3,(H,17,21)/b14-4-/t9-/m0/s1. The zero-order valence-corrected chi connectivity index (χ0v) is 13.0. The van der Waals surface area contributed by atoms with Gasteiger partial charge in [-0.3, -0.25) is 24.3 Å². The molecule has 0 unspecified atom stereocenters. The first-order chi connectivity index (χ1) is 10.9. The van der Waals surface area contributed by atoms with E-state index in [0.717, 1.165) is 17.5 Å². The average molecular weight is 319 g/mol. The molecule has 0 aliphatic carbocycles. The van der Waals surface area contributed by atoms with Gasteiger partial charge in [0, 0.05) is 18.3 Å². The van der Waals surface area contributed by atoms with Crippen LogP contribution in [0.25, 0.3) is 0 Å². The Morgan fingerprint density at radius 1 is 1.52 bits per heavy atom. The summed E-state index contributed by atoms with van der Waals surface area (Å²) in [5.41, 5.74) is 4.07.